The first-order valence-electron chi connectivity index (χ1n) is 5.04. The quantitative estimate of drug-likeness (QED) is 0.630. The first kappa shape index (κ1) is 12.5. The van der Waals surface area contributed by atoms with Crippen LogP contribution in [0.1, 0.15) is 0 Å². The van der Waals surface area contributed by atoms with Crippen molar-refractivity contribution in [2.24, 2.45) is 0 Å². The standard InChI is InChI=1S/C10H10N2O5S/c13-12-9(8-4-2-1-3-5-8)10(11-17-12)16-6-7-18(14)15/h1-5H,6-7H2,(H,14,15). The molecule has 0 aliphatic carbocycles. The Morgan fingerprint density at radius 1 is 1.44 bits per heavy atom. The molecule has 0 bridgehead atoms. The van der Waals surface area contributed by atoms with E-state index >= 15 is 0 Å². The molecule has 0 radical (unpaired) electrons. The smallest absolute Gasteiger partial charge is 0.402 e. The van der Waals surface area contributed by atoms with Crippen molar-refractivity contribution in [1.29, 1.82) is 0 Å². The van der Waals surface area contributed by atoms with Crippen LogP contribution < -0.4 is 9.64 Å². The second kappa shape index (κ2) is 5.61. The van der Waals surface area contributed by atoms with Gasteiger partial charge in [0.25, 0.3) is 5.69 Å². The summed E-state index contributed by atoms with van der Waals surface area (Å²) in [5.41, 5.74) is 0.730. The van der Waals surface area contributed by atoms with Gasteiger partial charge in [0.1, 0.15) is 6.61 Å². The van der Waals surface area contributed by atoms with Crippen molar-refractivity contribution in [3.63, 3.8) is 0 Å². The van der Waals surface area contributed by atoms with E-state index in [0.717, 1.165) is 0 Å². The molecule has 7 nitrogen and oxygen atoms in total. The predicted molar refractivity (Wildman–Crippen MR) is 62.0 cm³/mol. The van der Waals surface area contributed by atoms with Crippen molar-refractivity contribution in [1.82, 2.24) is 5.16 Å². The van der Waals surface area contributed by atoms with Gasteiger partial charge in [0.15, 0.2) is 11.1 Å². The van der Waals surface area contributed by atoms with Gasteiger partial charge < -0.3 is 14.5 Å². The molecule has 2 rings (SSSR count). The predicted octanol–water partition coefficient (Wildman–Crippen LogP) is 0.576. The summed E-state index contributed by atoms with van der Waals surface area (Å²) in [6.45, 7) is -0.0323. The Kier molecular flexibility index (Phi) is 3.90. The van der Waals surface area contributed by atoms with Crippen LogP contribution >= 0.6 is 0 Å². The fourth-order valence-electron chi connectivity index (χ4n) is 1.37. The zero-order valence-electron chi connectivity index (χ0n) is 9.18. The van der Waals surface area contributed by atoms with Crippen LogP contribution in [0.25, 0.3) is 11.3 Å². The fourth-order valence-corrected chi connectivity index (χ4v) is 1.59. The minimum Gasteiger partial charge on any atom is -0.454 e. The van der Waals surface area contributed by atoms with E-state index in [1.807, 2.05) is 6.07 Å². The lowest BCUT2D eigenvalue weighted by Gasteiger charge is -2.00. The minimum atomic E-state index is -1.95. The number of hydrogen-bond donors (Lipinski definition) is 1. The number of rotatable bonds is 5. The minimum absolute atomic E-state index is 0.00153. The molecule has 18 heavy (non-hydrogen) atoms. The van der Waals surface area contributed by atoms with Crippen molar-refractivity contribution >= 4 is 11.1 Å². The van der Waals surface area contributed by atoms with Gasteiger partial charge in [-0.2, -0.15) is 0 Å². The zero-order chi connectivity index (χ0) is 13.0. The Bertz CT molecular complexity index is 542. The maximum absolute atomic E-state index is 11.4. The largest absolute Gasteiger partial charge is 0.454 e. The number of aromatic nitrogens is 2. The molecule has 0 saturated heterocycles. The molecule has 1 N–H and O–H groups in total. The number of benzene rings is 1. The van der Waals surface area contributed by atoms with Gasteiger partial charge in [-0.1, -0.05) is 30.3 Å². The van der Waals surface area contributed by atoms with Gasteiger partial charge in [-0.25, -0.2) is 4.21 Å². The molecule has 8 heteroatoms. The van der Waals surface area contributed by atoms with Gasteiger partial charge in [0.2, 0.25) is 0 Å². The van der Waals surface area contributed by atoms with Gasteiger partial charge >= 0.3 is 5.88 Å². The zero-order valence-corrected chi connectivity index (χ0v) is 10.0. The summed E-state index contributed by atoms with van der Waals surface area (Å²) in [5.74, 6) is -0.0680. The van der Waals surface area contributed by atoms with E-state index in [0.29, 0.717) is 5.56 Å². The van der Waals surface area contributed by atoms with Crippen LogP contribution in [0, 0.1) is 5.21 Å². The van der Waals surface area contributed by atoms with E-state index in [1.54, 1.807) is 24.3 Å². The van der Waals surface area contributed by atoms with Crippen molar-refractivity contribution < 1.29 is 23.0 Å². The van der Waals surface area contributed by atoms with Crippen LogP contribution in [0.15, 0.2) is 35.0 Å². The lowest BCUT2D eigenvalue weighted by atomic mass is 10.2. The lowest BCUT2D eigenvalue weighted by Crippen LogP contribution is -2.25. The molecule has 0 saturated carbocycles. The first-order chi connectivity index (χ1) is 8.68. The van der Waals surface area contributed by atoms with E-state index in [-0.39, 0.29) is 28.8 Å². The highest BCUT2D eigenvalue weighted by Gasteiger charge is 2.22. The highest BCUT2D eigenvalue weighted by atomic mass is 32.2. The summed E-state index contributed by atoms with van der Waals surface area (Å²) in [6.07, 6.45) is 0. The van der Waals surface area contributed by atoms with Crippen LogP contribution in [0.2, 0.25) is 0 Å². The summed E-state index contributed by atoms with van der Waals surface area (Å²) < 4.78 is 28.7. The van der Waals surface area contributed by atoms with Crippen molar-refractivity contribution in [3.05, 3.63) is 35.5 Å². The molecule has 0 amide bonds. The van der Waals surface area contributed by atoms with Crippen molar-refractivity contribution in [2.45, 2.75) is 0 Å². The fraction of sp³-hybridized carbons (Fsp3) is 0.200. The molecule has 1 atom stereocenters. The number of hydrogen-bond acceptors (Lipinski definition) is 5. The third-order valence-electron chi connectivity index (χ3n) is 2.13. The van der Waals surface area contributed by atoms with Gasteiger partial charge in [0.05, 0.1) is 10.9 Å². The van der Waals surface area contributed by atoms with E-state index in [9.17, 15) is 9.42 Å². The molecular formula is C10H10N2O5S. The van der Waals surface area contributed by atoms with Crippen LogP contribution in [-0.2, 0) is 11.1 Å². The van der Waals surface area contributed by atoms with Crippen molar-refractivity contribution in [2.75, 3.05) is 12.4 Å². The van der Waals surface area contributed by atoms with Gasteiger partial charge in [-0.3, -0.25) is 4.63 Å². The average molecular weight is 270 g/mol. The van der Waals surface area contributed by atoms with E-state index in [4.69, 9.17) is 9.29 Å². The second-order valence-electron chi connectivity index (χ2n) is 3.32. The summed E-state index contributed by atoms with van der Waals surface area (Å²) in [5, 5.41) is 14.9. The third-order valence-corrected chi connectivity index (χ3v) is 2.64. The van der Waals surface area contributed by atoms with Crippen LogP contribution in [0.3, 0.4) is 0 Å². The second-order valence-corrected chi connectivity index (χ2v) is 4.38. The molecule has 1 aromatic carbocycles. The molecule has 1 heterocycles. The molecule has 96 valence electrons. The molecule has 0 spiro atoms. The Morgan fingerprint density at radius 3 is 2.83 bits per heavy atom. The van der Waals surface area contributed by atoms with Crippen molar-refractivity contribution in [3.8, 4) is 17.1 Å². The average Bonchev–Trinajstić information content (AvgIpc) is 2.71. The first-order valence-corrected chi connectivity index (χ1v) is 6.31. The molecule has 1 unspecified atom stereocenters. The Balaban J connectivity index is 2.20. The lowest BCUT2D eigenvalue weighted by molar-refractivity contribution is -0.793. The van der Waals surface area contributed by atoms with E-state index < -0.39 is 11.1 Å². The Labute approximate surface area is 105 Å². The highest BCUT2D eigenvalue weighted by Crippen LogP contribution is 2.24. The highest BCUT2D eigenvalue weighted by molar-refractivity contribution is 7.79. The molecular weight excluding hydrogens is 260 g/mol. The maximum atomic E-state index is 11.4. The van der Waals surface area contributed by atoms with Gasteiger partial charge in [-0.05, 0) is 4.90 Å². The van der Waals surface area contributed by atoms with Gasteiger partial charge in [-0.15, -0.1) is 0 Å². The SMILES string of the molecule is O=S(O)CCOc1no[n+]([O-])c1-c1ccccc1. The monoisotopic (exact) mass is 270 g/mol. The Morgan fingerprint density at radius 2 is 2.17 bits per heavy atom. The van der Waals surface area contributed by atoms with Crippen LogP contribution in [0.5, 0.6) is 5.88 Å². The third kappa shape index (κ3) is 2.84. The number of nitrogens with zero attached hydrogens (tertiary/aromatic N) is 2. The molecule has 0 aliphatic rings. The van der Waals surface area contributed by atoms with E-state index in [1.165, 1.54) is 0 Å². The molecule has 2 aromatic rings. The van der Waals surface area contributed by atoms with Crippen LogP contribution in [0.4, 0.5) is 0 Å². The summed E-state index contributed by atoms with van der Waals surface area (Å²) in [4.78, 5) is 0.237. The summed E-state index contributed by atoms with van der Waals surface area (Å²) in [6, 6.07) is 8.74. The molecule has 1 aromatic heterocycles. The molecule has 0 aliphatic heterocycles. The topological polar surface area (TPSA) is 99.5 Å². The van der Waals surface area contributed by atoms with E-state index in [2.05, 4.69) is 9.79 Å². The normalized spacial score (nSPS) is 12.3. The number of ether oxygens (including phenoxy) is 1. The maximum Gasteiger partial charge on any atom is 0.402 e. The summed E-state index contributed by atoms with van der Waals surface area (Å²) in [7, 11) is 0. The summed E-state index contributed by atoms with van der Waals surface area (Å²) >= 11 is -1.95. The molecule has 0 fully saturated rings. The van der Waals surface area contributed by atoms with Crippen LogP contribution in [-0.4, -0.2) is 26.3 Å². The Hall–Kier alpha value is -1.93. The van der Waals surface area contributed by atoms with Gasteiger partial charge in [0, 0.05) is 5.56 Å².